The Labute approximate surface area is 430 Å². The van der Waals surface area contributed by atoms with Crippen molar-refractivity contribution in [3.05, 3.63) is 95.8 Å². The molecule has 0 fully saturated rings. The molecule has 2 aromatic carbocycles. The van der Waals surface area contributed by atoms with Gasteiger partial charge in [-0.25, -0.2) is 13.6 Å². The van der Waals surface area contributed by atoms with E-state index in [2.05, 4.69) is 16.0 Å². The smallest absolute Gasteiger partial charge is 0.326 e. The minimum absolute atomic E-state index is 0.0246. The van der Waals surface area contributed by atoms with Gasteiger partial charge in [-0.15, -0.1) is 0 Å². The molecule has 5 atom stereocenters. The highest BCUT2D eigenvalue weighted by Crippen LogP contribution is 2.41. The number of carbonyl (C=O) groups excluding carboxylic acids is 8. The van der Waals surface area contributed by atoms with Crippen molar-refractivity contribution < 1.29 is 57.0 Å². The number of nitrogens with one attached hydrogen (secondary N) is 3. The van der Waals surface area contributed by atoms with E-state index in [-0.39, 0.29) is 50.4 Å². The maximum absolute atomic E-state index is 15.2. The van der Waals surface area contributed by atoms with Crippen molar-refractivity contribution in [2.45, 2.75) is 130 Å². The Hall–Kier alpha value is -7.29. The molecule has 8 amide bonds. The van der Waals surface area contributed by atoms with Gasteiger partial charge >= 0.3 is 5.97 Å². The first kappa shape index (κ1) is 59.3. The van der Waals surface area contributed by atoms with Gasteiger partial charge in [-0.05, 0) is 73.8 Å². The second kappa shape index (κ2) is 27.1. The summed E-state index contributed by atoms with van der Waals surface area (Å²) in [7, 11) is 0. The first-order valence-corrected chi connectivity index (χ1v) is 24.7. The summed E-state index contributed by atoms with van der Waals surface area (Å²) in [6.45, 7) is 11.6. The number of nitrogens with zero attached hydrogens (tertiary/aromatic N) is 4. The highest BCUT2D eigenvalue weighted by molar-refractivity contribution is 6.12. The van der Waals surface area contributed by atoms with Crippen molar-refractivity contribution in [1.29, 1.82) is 0 Å². The Balaban J connectivity index is 1.45. The van der Waals surface area contributed by atoms with Crippen molar-refractivity contribution in [3.63, 3.8) is 0 Å². The molecular weight excluding hydrogens is 961 g/mol. The van der Waals surface area contributed by atoms with Crippen molar-refractivity contribution >= 4 is 53.2 Å². The normalized spacial score (nSPS) is 14.5. The maximum atomic E-state index is 15.2. The van der Waals surface area contributed by atoms with Gasteiger partial charge in [0.15, 0.2) is 0 Å². The molecule has 0 unspecified atom stereocenters. The number of benzene rings is 2. The van der Waals surface area contributed by atoms with Crippen LogP contribution < -0.4 is 27.4 Å². The highest BCUT2D eigenvalue weighted by atomic mass is 19.1. The van der Waals surface area contributed by atoms with E-state index in [1.807, 2.05) is 55.7 Å². The minimum Gasteiger partial charge on any atom is -0.480 e. The van der Waals surface area contributed by atoms with Gasteiger partial charge in [0.2, 0.25) is 35.4 Å². The van der Waals surface area contributed by atoms with Crippen molar-refractivity contribution in [3.8, 4) is 11.1 Å². The second-order valence-corrected chi connectivity index (χ2v) is 19.9. The van der Waals surface area contributed by atoms with E-state index in [0.29, 0.717) is 37.1 Å². The second-order valence-electron chi connectivity index (χ2n) is 19.9. The molecule has 1 aromatic heterocycles. The lowest BCUT2D eigenvalue weighted by Crippen LogP contribution is -2.58. The third-order valence-electron chi connectivity index (χ3n) is 12.6. The lowest BCUT2D eigenvalue weighted by Gasteiger charge is -2.41. The molecule has 0 aliphatic carbocycles. The van der Waals surface area contributed by atoms with Gasteiger partial charge in [-0.2, -0.15) is 0 Å². The van der Waals surface area contributed by atoms with E-state index in [4.69, 9.17) is 11.5 Å². The molecule has 1 aliphatic rings. The standard InChI is InChI=1S/C53H71F2N9O10/c1-32(2)47(60-44(67)16-12-9-13-25-64-45(68)21-22-46(64)69)50(71)59-33(3)51(72)63(41(52(73)74)19-20-43(57)66)27-24-58-49(70)40(56)23-26-62(34(4)65)48(53(5,6)7)42-28-36(38-29-37(54)17-18-39(38)55)31-61(42)30-35-14-10-8-11-15-35/h8,10-11,14-15,17-18,21-22,28-29,31-33,40-41,47-48H,9,12-13,16,19-20,23-27,30,56H2,1-7H3,(H2,57,66)(H,58,70)(H,59,71)(H,60,67)(H,73,74)/t33-,40-,41-,47-,48-/m0/s1. The number of hydrogen-bond acceptors (Lipinski definition) is 10. The SMILES string of the molecule is CC(=O)N(CC[C@H](N)C(=O)NCCN(C(=O)[C@H](C)NC(=O)[C@@H](NC(=O)CCCCCN1C(=O)C=CC1=O)C(C)C)[C@@H](CCC(N)=O)C(=O)O)[C@@H](c1cc(-c2cc(F)ccc2F)cn1Cc1ccccc1)C(C)(C)C. The van der Waals surface area contributed by atoms with Gasteiger partial charge < -0.3 is 46.9 Å². The molecule has 2 heterocycles. The van der Waals surface area contributed by atoms with Crippen LogP contribution in [0.2, 0.25) is 0 Å². The first-order chi connectivity index (χ1) is 34.8. The number of nitrogens with two attached hydrogens (primary N) is 2. The monoisotopic (exact) mass is 1030 g/mol. The number of primary amides is 1. The van der Waals surface area contributed by atoms with Crippen LogP contribution in [0.4, 0.5) is 8.78 Å². The Bertz CT molecular complexity index is 2530. The number of imide groups is 1. The molecule has 4 rings (SSSR count). The van der Waals surface area contributed by atoms with E-state index in [1.54, 1.807) is 31.0 Å². The molecule has 0 radical (unpaired) electrons. The Morgan fingerprint density at radius 3 is 2.07 bits per heavy atom. The average Bonchev–Trinajstić information content (AvgIpc) is 3.88. The van der Waals surface area contributed by atoms with Crippen LogP contribution in [-0.2, 0) is 49.7 Å². The molecule has 19 nitrogen and oxygen atoms in total. The predicted molar refractivity (Wildman–Crippen MR) is 271 cm³/mol. The summed E-state index contributed by atoms with van der Waals surface area (Å²) >= 11 is 0. The van der Waals surface area contributed by atoms with Crippen molar-refractivity contribution in [1.82, 2.24) is 35.2 Å². The number of carbonyl (C=O) groups is 9. The fraction of sp³-hybridized carbons (Fsp3) is 0.491. The third-order valence-corrected chi connectivity index (χ3v) is 12.6. The number of rotatable bonds is 28. The zero-order chi connectivity index (χ0) is 55.0. The quantitative estimate of drug-likeness (QED) is 0.0448. The number of carboxylic acid groups (broad SMARTS) is 1. The largest absolute Gasteiger partial charge is 0.480 e. The highest BCUT2D eigenvalue weighted by Gasteiger charge is 2.38. The van der Waals surface area contributed by atoms with Crippen LogP contribution in [0.15, 0.2) is 72.9 Å². The number of aromatic nitrogens is 1. The van der Waals surface area contributed by atoms with E-state index in [0.717, 1.165) is 33.6 Å². The summed E-state index contributed by atoms with van der Waals surface area (Å²) in [5, 5.41) is 18.1. The Morgan fingerprint density at radius 2 is 1.47 bits per heavy atom. The van der Waals surface area contributed by atoms with Gasteiger partial charge in [0, 0.05) is 87.7 Å². The lowest BCUT2D eigenvalue weighted by molar-refractivity contribution is -0.152. The zero-order valence-corrected chi connectivity index (χ0v) is 43.2. The van der Waals surface area contributed by atoms with Gasteiger partial charge in [0.1, 0.15) is 29.8 Å². The number of halogens is 2. The Kier molecular flexibility index (Phi) is 21.7. The van der Waals surface area contributed by atoms with Gasteiger partial charge in [0.25, 0.3) is 11.8 Å². The van der Waals surface area contributed by atoms with Crippen LogP contribution in [0.3, 0.4) is 0 Å². The van der Waals surface area contributed by atoms with E-state index >= 15 is 4.39 Å². The Morgan fingerprint density at radius 1 is 0.811 bits per heavy atom. The fourth-order valence-corrected chi connectivity index (χ4v) is 8.81. The minimum atomic E-state index is -1.62. The molecule has 402 valence electrons. The van der Waals surface area contributed by atoms with Gasteiger partial charge in [0.05, 0.1) is 12.1 Å². The van der Waals surface area contributed by atoms with Crippen molar-refractivity contribution in [2.24, 2.45) is 22.8 Å². The molecule has 3 aromatic rings. The number of amides is 8. The summed E-state index contributed by atoms with van der Waals surface area (Å²) in [6, 6.07) is 8.41. The van der Waals surface area contributed by atoms with Crippen LogP contribution in [0.25, 0.3) is 11.1 Å². The molecule has 1 aliphatic heterocycles. The summed E-state index contributed by atoms with van der Waals surface area (Å²) in [4.78, 5) is 119. The van der Waals surface area contributed by atoms with Crippen molar-refractivity contribution in [2.75, 3.05) is 26.2 Å². The summed E-state index contributed by atoms with van der Waals surface area (Å²) in [6.07, 6.45) is 4.68. The number of carboxylic acids is 1. The topological polar surface area (TPSA) is 277 Å². The van der Waals surface area contributed by atoms with E-state index in [1.165, 1.54) is 26.0 Å². The molecule has 0 spiro atoms. The molecule has 8 N–H and O–H groups in total. The summed E-state index contributed by atoms with van der Waals surface area (Å²) < 4.78 is 31.5. The van der Waals surface area contributed by atoms with Crippen LogP contribution in [0.1, 0.15) is 111 Å². The van der Waals surface area contributed by atoms with E-state index < -0.39 is 113 Å². The molecular formula is C53H71F2N9O10. The molecule has 74 heavy (non-hydrogen) atoms. The summed E-state index contributed by atoms with van der Waals surface area (Å²) in [5.74, 6) is -7.91. The maximum Gasteiger partial charge on any atom is 0.326 e. The average molecular weight is 1030 g/mol. The molecule has 0 saturated heterocycles. The van der Waals surface area contributed by atoms with Gasteiger partial charge in [-0.1, -0.05) is 71.4 Å². The van der Waals surface area contributed by atoms with Crippen LogP contribution in [0.5, 0.6) is 0 Å². The molecule has 0 bridgehead atoms. The third kappa shape index (κ3) is 16.9. The number of unbranched alkanes of at least 4 members (excludes halogenated alkanes) is 2. The van der Waals surface area contributed by atoms with Crippen LogP contribution in [-0.4, -0.2) is 128 Å². The first-order valence-electron chi connectivity index (χ1n) is 24.7. The molecule has 21 heteroatoms. The zero-order valence-electron chi connectivity index (χ0n) is 43.2. The number of aliphatic carboxylic acids is 1. The van der Waals surface area contributed by atoms with Crippen LogP contribution in [0, 0.1) is 23.0 Å². The molecule has 0 saturated carbocycles. The van der Waals surface area contributed by atoms with Gasteiger partial charge in [-0.3, -0.25) is 43.3 Å². The summed E-state index contributed by atoms with van der Waals surface area (Å²) in [5.41, 5.74) is 13.1. The predicted octanol–water partition coefficient (Wildman–Crippen LogP) is 3.93. The lowest BCUT2D eigenvalue weighted by atomic mass is 9.82. The van der Waals surface area contributed by atoms with E-state index in [9.17, 15) is 52.6 Å². The fourth-order valence-electron chi connectivity index (χ4n) is 8.81. The number of hydrogen-bond donors (Lipinski definition) is 6. The van der Waals surface area contributed by atoms with Crippen LogP contribution >= 0.6 is 0 Å².